The average Bonchev–Trinajstić information content (AvgIpc) is 3.32. The highest BCUT2D eigenvalue weighted by Crippen LogP contribution is 2.33. The fraction of sp³-hybridized carbons (Fsp3) is 0.364. The van der Waals surface area contributed by atoms with Crippen LogP contribution in [0.4, 0.5) is 0 Å². The quantitative estimate of drug-likeness (QED) is 0.608. The Labute approximate surface area is 168 Å². The predicted octanol–water partition coefficient (Wildman–Crippen LogP) is 5.62. The summed E-state index contributed by atoms with van der Waals surface area (Å²) in [5.74, 6) is 0.797. The minimum atomic E-state index is 0.0209. The van der Waals surface area contributed by atoms with Crippen LogP contribution in [-0.2, 0) is 19.4 Å². The normalized spacial score (nSPS) is 16.1. The van der Waals surface area contributed by atoms with Gasteiger partial charge in [0.25, 0.3) is 5.91 Å². The van der Waals surface area contributed by atoms with Crippen molar-refractivity contribution in [2.75, 3.05) is 0 Å². The first-order chi connectivity index (χ1) is 13.1. The van der Waals surface area contributed by atoms with Gasteiger partial charge in [0.15, 0.2) is 0 Å². The second-order valence-corrected chi connectivity index (χ2v) is 9.27. The summed E-state index contributed by atoms with van der Waals surface area (Å²) in [6, 6.07) is 10.5. The van der Waals surface area contributed by atoms with Crippen molar-refractivity contribution in [3.8, 4) is 10.6 Å². The molecule has 1 aliphatic carbocycles. The van der Waals surface area contributed by atoms with Crippen molar-refractivity contribution in [1.82, 2.24) is 10.3 Å². The Balaban J connectivity index is 1.40. The molecule has 0 radical (unpaired) electrons. The molecule has 0 saturated carbocycles. The molecule has 0 aliphatic heterocycles. The molecule has 27 heavy (non-hydrogen) atoms. The lowest BCUT2D eigenvalue weighted by atomic mass is 9.87. The largest absolute Gasteiger partial charge is 0.346 e. The average molecular weight is 397 g/mol. The number of nitrogens with zero attached hydrogens (tertiary/aromatic N) is 1. The van der Waals surface area contributed by atoms with Gasteiger partial charge in [-0.15, -0.1) is 22.7 Å². The van der Waals surface area contributed by atoms with Gasteiger partial charge in [0.1, 0.15) is 5.01 Å². The van der Waals surface area contributed by atoms with Crippen LogP contribution < -0.4 is 5.32 Å². The zero-order valence-corrected chi connectivity index (χ0v) is 17.4. The first-order valence-corrected chi connectivity index (χ1v) is 11.2. The van der Waals surface area contributed by atoms with Gasteiger partial charge in [-0.1, -0.05) is 37.1 Å². The molecule has 4 rings (SSSR count). The van der Waals surface area contributed by atoms with Crippen LogP contribution in [0.5, 0.6) is 0 Å². The zero-order valence-electron chi connectivity index (χ0n) is 15.7. The summed E-state index contributed by atoms with van der Waals surface area (Å²) in [6.07, 6.45) is 4.73. The molecule has 1 aliphatic rings. The Morgan fingerprint density at radius 3 is 3.04 bits per heavy atom. The molecule has 1 N–H and O–H groups in total. The molecule has 1 aromatic carbocycles. The van der Waals surface area contributed by atoms with E-state index in [-0.39, 0.29) is 5.91 Å². The number of amides is 1. The highest BCUT2D eigenvalue weighted by atomic mass is 32.1. The van der Waals surface area contributed by atoms with Gasteiger partial charge in [0, 0.05) is 15.8 Å². The maximum Gasteiger partial charge on any atom is 0.261 e. The molecule has 1 unspecified atom stereocenters. The van der Waals surface area contributed by atoms with E-state index in [9.17, 15) is 4.79 Å². The maximum atomic E-state index is 12.6. The van der Waals surface area contributed by atoms with E-state index < -0.39 is 0 Å². The molecule has 1 amide bonds. The van der Waals surface area contributed by atoms with Crippen LogP contribution in [0.3, 0.4) is 0 Å². The van der Waals surface area contributed by atoms with Crippen molar-refractivity contribution < 1.29 is 4.79 Å². The van der Waals surface area contributed by atoms with Crippen molar-refractivity contribution in [3.63, 3.8) is 0 Å². The fourth-order valence-corrected chi connectivity index (χ4v) is 5.56. The number of fused-ring (bicyclic) bond motifs is 1. The third-order valence-corrected chi connectivity index (χ3v) is 7.41. The molecule has 3 aromatic rings. The number of carbonyl (C=O) groups is 1. The van der Waals surface area contributed by atoms with Crippen LogP contribution in [0.1, 0.15) is 51.1 Å². The van der Waals surface area contributed by atoms with Gasteiger partial charge >= 0.3 is 0 Å². The van der Waals surface area contributed by atoms with Gasteiger partial charge in [0.2, 0.25) is 0 Å². The number of aromatic nitrogens is 1. The van der Waals surface area contributed by atoms with Crippen LogP contribution in [0.15, 0.2) is 35.7 Å². The number of benzene rings is 1. The molecule has 2 aromatic heterocycles. The Kier molecular flexibility index (Phi) is 5.41. The number of nitrogens with one attached hydrogen (secondary N) is 1. The highest BCUT2D eigenvalue weighted by Gasteiger charge is 2.22. The lowest BCUT2D eigenvalue weighted by Crippen LogP contribution is -2.21. The molecule has 140 valence electrons. The fourth-order valence-electron chi connectivity index (χ4n) is 3.62. The first-order valence-electron chi connectivity index (χ1n) is 9.53. The van der Waals surface area contributed by atoms with E-state index in [1.807, 2.05) is 5.38 Å². The van der Waals surface area contributed by atoms with Crippen LogP contribution in [0.25, 0.3) is 10.6 Å². The van der Waals surface area contributed by atoms with E-state index in [0.717, 1.165) is 39.9 Å². The summed E-state index contributed by atoms with van der Waals surface area (Å²) < 4.78 is 0. The number of aryl methyl sites for hydroxylation is 2. The molecular weight excluding hydrogens is 372 g/mol. The number of hydrogen-bond acceptors (Lipinski definition) is 4. The molecule has 5 heteroatoms. The number of thiazole rings is 1. The summed E-state index contributed by atoms with van der Waals surface area (Å²) in [5, 5.41) is 6.07. The Bertz CT molecular complexity index is 957. The van der Waals surface area contributed by atoms with Crippen LogP contribution in [0, 0.1) is 12.8 Å². The summed E-state index contributed by atoms with van der Waals surface area (Å²) in [5.41, 5.74) is 4.66. The van der Waals surface area contributed by atoms with Crippen LogP contribution in [0.2, 0.25) is 0 Å². The van der Waals surface area contributed by atoms with Gasteiger partial charge < -0.3 is 5.32 Å². The summed E-state index contributed by atoms with van der Waals surface area (Å²) >= 11 is 3.29. The van der Waals surface area contributed by atoms with Gasteiger partial charge in [0.05, 0.1) is 17.1 Å². The molecular formula is C22H24N2OS2. The van der Waals surface area contributed by atoms with E-state index in [0.29, 0.717) is 6.54 Å². The van der Waals surface area contributed by atoms with E-state index in [1.165, 1.54) is 28.8 Å². The molecule has 0 spiro atoms. The lowest BCUT2D eigenvalue weighted by molar-refractivity contribution is 0.0954. The van der Waals surface area contributed by atoms with E-state index >= 15 is 0 Å². The zero-order chi connectivity index (χ0) is 18.8. The number of hydrogen-bond donors (Lipinski definition) is 1. The third-order valence-electron chi connectivity index (χ3n) is 5.23. The van der Waals surface area contributed by atoms with Crippen molar-refractivity contribution in [3.05, 3.63) is 62.3 Å². The maximum absolute atomic E-state index is 12.6. The number of thiophene rings is 1. The molecule has 0 saturated heterocycles. The van der Waals surface area contributed by atoms with Crippen molar-refractivity contribution >= 4 is 28.6 Å². The van der Waals surface area contributed by atoms with E-state index in [4.69, 9.17) is 0 Å². The monoisotopic (exact) mass is 396 g/mol. The number of carbonyl (C=O) groups excluding carboxylic acids is 1. The summed E-state index contributed by atoms with van der Waals surface area (Å²) in [4.78, 5) is 19.5. The number of rotatable bonds is 5. The van der Waals surface area contributed by atoms with Gasteiger partial charge in [-0.2, -0.15) is 0 Å². The SMILES string of the molecule is CCC1CCc2sc(C(=O)NCc3csc(-c4cccc(C)c4)n3)cc2C1. The molecule has 0 bridgehead atoms. The second kappa shape index (κ2) is 7.95. The molecule has 1 atom stereocenters. The molecule has 3 nitrogen and oxygen atoms in total. The minimum Gasteiger partial charge on any atom is -0.346 e. The standard InChI is InChI=1S/C22H24N2OS2/c1-3-15-7-8-19-17(10-15)11-20(27-19)21(25)23-12-18-13-26-22(24-18)16-6-4-5-14(2)9-16/h4-6,9,11,13,15H,3,7-8,10,12H2,1-2H3,(H,23,25). The summed E-state index contributed by atoms with van der Waals surface area (Å²) in [6.45, 7) is 4.82. The Morgan fingerprint density at radius 1 is 1.33 bits per heavy atom. The van der Waals surface area contributed by atoms with Crippen molar-refractivity contribution in [1.29, 1.82) is 0 Å². The Morgan fingerprint density at radius 2 is 2.22 bits per heavy atom. The van der Waals surface area contributed by atoms with Crippen LogP contribution >= 0.6 is 22.7 Å². The smallest absolute Gasteiger partial charge is 0.261 e. The van der Waals surface area contributed by atoms with E-state index in [1.54, 1.807) is 22.7 Å². The van der Waals surface area contributed by atoms with Gasteiger partial charge in [-0.3, -0.25) is 4.79 Å². The highest BCUT2D eigenvalue weighted by molar-refractivity contribution is 7.14. The lowest BCUT2D eigenvalue weighted by Gasteiger charge is -2.19. The minimum absolute atomic E-state index is 0.0209. The third kappa shape index (κ3) is 4.14. The predicted molar refractivity (Wildman–Crippen MR) is 114 cm³/mol. The summed E-state index contributed by atoms with van der Waals surface area (Å²) in [7, 11) is 0. The van der Waals surface area contributed by atoms with Gasteiger partial charge in [-0.25, -0.2) is 4.98 Å². The topological polar surface area (TPSA) is 42.0 Å². The van der Waals surface area contributed by atoms with Gasteiger partial charge in [-0.05, 0) is 49.8 Å². The van der Waals surface area contributed by atoms with E-state index in [2.05, 4.69) is 54.5 Å². The molecule has 0 fully saturated rings. The van der Waals surface area contributed by atoms with Crippen molar-refractivity contribution in [2.45, 2.75) is 46.1 Å². The second-order valence-electron chi connectivity index (χ2n) is 7.27. The first kappa shape index (κ1) is 18.4. The van der Waals surface area contributed by atoms with Crippen LogP contribution in [-0.4, -0.2) is 10.9 Å². The van der Waals surface area contributed by atoms with Crippen molar-refractivity contribution in [2.24, 2.45) is 5.92 Å². The molecule has 2 heterocycles. The Hall–Kier alpha value is -1.98.